The molecule has 1 N–H and O–H groups in total. The molecule has 1 aromatic carbocycles. The van der Waals surface area contributed by atoms with E-state index in [4.69, 9.17) is 11.6 Å². The monoisotopic (exact) mass is 291 g/mol. The number of rotatable bonds is 3. The van der Waals surface area contributed by atoms with Crippen LogP contribution in [-0.4, -0.2) is 21.5 Å². The molecule has 1 heterocycles. The molecule has 106 valence electrons. The Morgan fingerprint density at radius 1 is 1.45 bits per heavy atom. The topological polar surface area (TPSA) is 46.9 Å². The number of halogens is 1. The Morgan fingerprint density at radius 3 is 2.90 bits per heavy atom. The molecule has 0 spiro atoms. The second kappa shape index (κ2) is 5.44. The Morgan fingerprint density at radius 2 is 2.20 bits per heavy atom. The maximum atomic E-state index is 12.2. The van der Waals surface area contributed by atoms with Crippen LogP contribution in [0.3, 0.4) is 0 Å². The molecule has 5 heteroatoms. The van der Waals surface area contributed by atoms with Gasteiger partial charge in [0.2, 0.25) is 5.28 Å². The Kier molecular flexibility index (Phi) is 3.66. The van der Waals surface area contributed by atoms with Gasteiger partial charge in [0.15, 0.2) is 0 Å². The van der Waals surface area contributed by atoms with Crippen molar-refractivity contribution in [3.05, 3.63) is 29.0 Å². The standard InChI is InChI=1S/C15H18ClN3O/c1-2-19-13-8-7-10(9-12(13)18-15(19)16)14(20)17-11-5-3-4-6-11/h7-9,11H,2-6H2,1H3,(H,17,20). The summed E-state index contributed by atoms with van der Waals surface area (Å²) in [5.74, 6) is -0.0130. The number of aryl methyl sites for hydroxylation is 1. The van der Waals surface area contributed by atoms with Crippen LogP contribution in [0.1, 0.15) is 43.0 Å². The molecule has 1 saturated carbocycles. The molecule has 0 radical (unpaired) electrons. The van der Waals surface area contributed by atoms with E-state index in [0.717, 1.165) is 30.4 Å². The van der Waals surface area contributed by atoms with Gasteiger partial charge in [-0.2, -0.15) is 0 Å². The fraction of sp³-hybridized carbons (Fsp3) is 0.467. The first kappa shape index (κ1) is 13.4. The van der Waals surface area contributed by atoms with Crippen molar-refractivity contribution in [2.75, 3.05) is 0 Å². The van der Waals surface area contributed by atoms with Gasteiger partial charge in [-0.15, -0.1) is 0 Å². The molecule has 0 aliphatic heterocycles. The van der Waals surface area contributed by atoms with Crippen molar-refractivity contribution in [2.24, 2.45) is 0 Å². The minimum absolute atomic E-state index is 0.0130. The van der Waals surface area contributed by atoms with Crippen LogP contribution >= 0.6 is 11.6 Å². The molecule has 1 fully saturated rings. The molecule has 0 bridgehead atoms. The SMILES string of the molecule is CCn1c(Cl)nc2cc(C(=O)NC3CCCC3)ccc21. The number of nitrogens with zero attached hydrogens (tertiary/aromatic N) is 2. The second-order valence-electron chi connectivity index (χ2n) is 5.28. The van der Waals surface area contributed by atoms with Crippen LogP contribution in [0.4, 0.5) is 0 Å². The molecule has 1 aliphatic carbocycles. The number of hydrogen-bond donors (Lipinski definition) is 1. The van der Waals surface area contributed by atoms with Gasteiger partial charge in [0, 0.05) is 18.2 Å². The predicted octanol–water partition coefficient (Wildman–Crippen LogP) is 3.38. The lowest BCUT2D eigenvalue weighted by atomic mass is 10.1. The molecule has 1 aromatic heterocycles. The summed E-state index contributed by atoms with van der Waals surface area (Å²) in [6.45, 7) is 2.79. The summed E-state index contributed by atoms with van der Waals surface area (Å²) < 4.78 is 1.93. The highest BCUT2D eigenvalue weighted by molar-refractivity contribution is 6.29. The maximum absolute atomic E-state index is 12.2. The quantitative estimate of drug-likeness (QED) is 0.942. The lowest BCUT2D eigenvalue weighted by Gasteiger charge is -2.11. The van der Waals surface area contributed by atoms with Crippen molar-refractivity contribution < 1.29 is 4.79 Å². The van der Waals surface area contributed by atoms with Gasteiger partial charge in [0.05, 0.1) is 11.0 Å². The molecule has 1 aliphatic rings. The summed E-state index contributed by atoms with van der Waals surface area (Å²) in [6, 6.07) is 5.91. The molecule has 2 aromatic rings. The van der Waals surface area contributed by atoms with E-state index in [0.29, 0.717) is 16.9 Å². The van der Waals surface area contributed by atoms with Crippen LogP contribution in [0.2, 0.25) is 5.28 Å². The number of carbonyl (C=O) groups is 1. The van der Waals surface area contributed by atoms with Crippen molar-refractivity contribution in [3.8, 4) is 0 Å². The van der Waals surface area contributed by atoms with Crippen molar-refractivity contribution in [2.45, 2.75) is 45.2 Å². The normalized spacial score (nSPS) is 15.9. The zero-order valence-corrected chi connectivity index (χ0v) is 12.3. The molecule has 4 nitrogen and oxygen atoms in total. The average molecular weight is 292 g/mol. The highest BCUT2D eigenvalue weighted by Crippen LogP contribution is 2.22. The van der Waals surface area contributed by atoms with Crippen LogP contribution in [0.15, 0.2) is 18.2 Å². The van der Waals surface area contributed by atoms with E-state index in [-0.39, 0.29) is 5.91 Å². The van der Waals surface area contributed by atoms with Crippen LogP contribution in [0.25, 0.3) is 11.0 Å². The van der Waals surface area contributed by atoms with Gasteiger partial charge in [-0.25, -0.2) is 4.98 Å². The highest BCUT2D eigenvalue weighted by Gasteiger charge is 2.18. The van der Waals surface area contributed by atoms with Gasteiger partial charge in [0.1, 0.15) is 0 Å². The van der Waals surface area contributed by atoms with E-state index >= 15 is 0 Å². The third-order valence-electron chi connectivity index (χ3n) is 3.97. The summed E-state index contributed by atoms with van der Waals surface area (Å²) in [5.41, 5.74) is 2.40. The van der Waals surface area contributed by atoms with Crippen molar-refractivity contribution in [3.63, 3.8) is 0 Å². The van der Waals surface area contributed by atoms with Crippen LogP contribution in [-0.2, 0) is 6.54 Å². The summed E-state index contributed by atoms with van der Waals surface area (Å²) >= 11 is 6.09. The number of aromatic nitrogens is 2. The van der Waals surface area contributed by atoms with E-state index in [9.17, 15) is 4.79 Å². The number of carbonyl (C=O) groups excluding carboxylic acids is 1. The number of fused-ring (bicyclic) bond motifs is 1. The molecule has 0 atom stereocenters. The zero-order valence-electron chi connectivity index (χ0n) is 11.5. The molecule has 1 amide bonds. The maximum Gasteiger partial charge on any atom is 0.251 e. The lowest BCUT2D eigenvalue weighted by Crippen LogP contribution is -2.32. The van der Waals surface area contributed by atoms with E-state index < -0.39 is 0 Å². The number of hydrogen-bond acceptors (Lipinski definition) is 2. The first-order chi connectivity index (χ1) is 9.69. The number of imidazole rings is 1. The Hall–Kier alpha value is -1.55. The number of benzene rings is 1. The van der Waals surface area contributed by atoms with E-state index in [1.165, 1.54) is 12.8 Å². The van der Waals surface area contributed by atoms with Gasteiger partial charge in [-0.05, 0) is 49.6 Å². The van der Waals surface area contributed by atoms with E-state index in [2.05, 4.69) is 10.3 Å². The summed E-state index contributed by atoms with van der Waals surface area (Å²) in [5, 5.41) is 3.56. The number of amides is 1. The minimum atomic E-state index is -0.0130. The largest absolute Gasteiger partial charge is 0.349 e. The van der Waals surface area contributed by atoms with Crippen molar-refractivity contribution in [1.29, 1.82) is 0 Å². The molecular formula is C15H18ClN3O. The van der Waals surface area contributed by atoms with Crippen LogP contribution in [0.5, 0.6) is 0 Å². The fourth-order valence-corrected chi connectivity index (χ4v) is 3.18. The van der Waals surface area contributed by atoms with Crippen LogP contribution < -0.4 is 5.32 Å². The smallest absolute Gasteiger partial charge is 0.251 e. The van der Waals surface area contributed by atoms with Gasteiger partial charge in [0.25, 0.3) is 5.91 Å². The zero-order chi connectivity index (χ0) is 14.1. The predicted molar refractivity (Wildman–Crippen MR) is 80.1 cm³/mol. The highest BCUT2D eigenvalue weighted by atomic mass is 35.5. The molecule has 3 rings (SSSR count). The third kappa shape index (κ3) is 2.40. The average Bonchev–Trinajstić information content (AvgIpc) is 3.04. The van der Waals surface area contributed by atoms with E-state index in [1.807, 2.05) is 29.7 Å². The number of nitrogens with one attached hydrogen (secondary N) is 1. The Bertz CT molecular complexity index is 644. The second-order valence-corrected chi connectivity index (χ2v) is 5.62. The Balaban J connectivity index is 1.86. The first-order valence-corrected chi connectivity index (χ1v) is 7.53. The van der Waals surface area contributed by atoms with Crippen molar-refractivity contribution in [1.82, 2.24) is 14.9 Å². The minimum Gasteiger partial charge on any atom is -0.349 e. The summed E-state index contributed by atoms with van der Waals surface area (Å²) in [6.07, 6.45) is 4.59. The van der Waals surface area contributed by atoms with Crippen LogP contribution in [0, 0.1) is 0 Å². The van der Waals surface area contributed by atoms with Crippen molar-refractivity contribution >= 4 is 28.5 Å². The molecule has 20 heavy (non-hydrogen) atoms. The molecular weight excluding hydrogens is 274 g/mol. The molecule has 0 unspecified atom stereocenters. The lowest BCUT2D eigenvalue weighted by molar-refractivity contribution is 0.0938. The molecule has 0 saturated heterocycles. The first-order valence-electron chi connectivity index (χ1n) is 7.15. The van der Waals surface area contributed by atoms with Gasteiger partial charge < -0.3 is 9.88 Å². The Labute approximate surface area is 123 Å². The van der Waals surface area contributed by atoms with Gasteiger partial charge in [-0.3, -0.25) is 4.79 Å². The summed E-state index contributed by atoms with van der Waals surface area (Å²) in [7, 11) is 0. The van der Waals surface area contributed by atoms with E-state index in [1.54, 1.807) is 0 Å². The van der Waals surface area contributed by atoms with Gasteiger partial charge in [-0.1, -0.05) is 12.8 Å². The summed E-state index contributed by atoms with van der Waals surface area (Å²) in [4.78, 5) is 16.5. The third-order valence-corrected chi connectivity index (χ3v) is 4.26. The van der Waals surface area contributed by atoms with Gasteiger partial charge >= 0.3 is 0 Å². The fourth-order valence-electron chi connectivity index (χ4n) is 2.88.